The maximum absolute atomic E-state index is 12.3. The molecule has 4 nitrogen and oxygen atoms in total. The van der Waals surface area contributed by atoms with Gasteiger partial charge in [-0.3, -0.25) is 4.79 Å². The van der Waals surface area contributed by atoms with Crippen molar-refractivity contribution in [2.24, 2.45) is 0 Å². The molecule has 0 radical (unpaired) electrons. The van der Waals surface area contributed by atoms with Gasteiger partial charge in [0.05, 0.1) is 18.2 Å². The van der Waals surface area contributed by atoms with E-state index < -0.39 is 0 Å². The second-order valence-electron chi connectivity index (χ2n) is 4.79. The first-order chi connectivity index (χ1) is 9.75. The second-order valence-corrected chi connectivity index (χ2v) is 4.79. The van der Waals surface area contributed by atoms with Gasteiger partial charge in [-0.05, 0) is 18.2 Å². The standard InChI is InChI=1S/C16H16N2O2/c17-13-7-3-1-5-11(13)16(19)18-14-9-10-20-15-8-4-2-6-12(14)15/h1-8,14H,9-10,17H2,(H,18,19). The van der Waals surface area contributed by atoms with Crippen molar-refractivity contribution in [2.45, 2.75) is 12.5 Å². The van der Waals surface area contributed by atoms with Crippen LogP contribution in [0.2, 0.25) is 0 Å². The van der Waals surface area contributed by atoms with Crippen molar-refractivity contribution in [1.29, 1.82) is 0 Å². The normalized spacial score (nSPS) is 16.9. The zero-order valence-corrected chi connectivity index (χ0v) is 11.0. The summed E-state index contributed by atoms with van der Waals surface area (Å²) in [5.74, 6) is 0.690. The number of fused-ring (bicyclic) bond motifs is 1. The van der Waals surface area contributed by atoms with E-state index in [0.29, 0.717) is 17.9 Å². The number of hydrogen-bond donors (Lipinski definition) is 2. The third kappa shape index (κ3) is 2.32. The van der Waals surface area contributed by atoms with Crippen molar-refractivity contribution >= 4 is 11.6 Å². The maximum atomic E-state index is 12.3. The van der Waals surface area contributed by atoms with Gasteiger partial charge in [-0.1, -0.05) is 30.3 Å². The summed E-state index contributed by atoms with van der Waals surface area (Å²) in [5, 5.41) is 3.03. The number of carbonyl (C=O) groups is 1. The van der Waals surface area contributed by atoms with Crippen LogP contribution < -0.4 is 15.8 Å². The zero-order chi connectivity index (χ0) is 13.9. The highest BCUT2D eigenvalue weighted by atomic mass is 16.5. The molecule has 4 heteroatoms. The van der Waals surface area contributed by atoms with Crippen LogP contribution in [0.4, 0.5) is 5.69 Å². The molecule has 2 aromatic carbocycles. The highest BCUT2D eigenvalue weighted by Gasteiger charge is 2.23. The molecule has 0 saturated heterocycles. The maximum Gasteiger partial charge on any atom is 0.253 e. The van der Waals surface area contributed by atoms with E-state index in [9.17, 15) is 4.79 Å². The summed E-state index contributed by atoms with van der Waals surface area (Å²) < 4.78 is 5.59. The number of nitrogen functional groups attached to an aromatic ring is 1. The fourth-order valence-corrected chi connectivity index (χ4v) is 2.43. The summed E-state index contributed by atoms with van der Waals surface area (Å²) in [5.41, 5.74) is 7.85. The van der Waals surface area contributed by atoms with Crippen molar-refractivity contribution in [3.8, 4) is 5.75 Å². The molecule has 0 aromatic heterocycles. The van der Waals surface area contributed by atoms with Crippen LogP contribution in [0.5, 0.6) is 5.75 Å². The van der Waals surface area contributed by atoms with Gasteiger partial charge in [0.15, 0.2) is 0 Å². The molecule has 1 heterocycles. The molecule has 1 unspecified atom stereocenters. The topological polar surface area (TPSA) is 64.4 Å². The number of rotatable bonds is 2. The molecule has 1 amide bonds. The lowest BCUT2D eigenvalue weighted by Gasteiger charge is -2.26. The van der Waals surface area contributed by atoms with Gasteiger partial charge in [-0.2, -0.15) is 0 Å². The molecular weight excluding hydrogens is 252 g/mol. The molecule has 3 N–H and O–H groups in total. The molecule has 2 aromatic rings. The van der Waals surface area contributed by atoms with Crippen LogP contribution in [0.3, 0.4) is 0 Å². The number of amides is 1. The zero-order valence-electron chi connectivity index (χ0n) is 11.0. The van der Waals surface area contributed by atoms with E-state index in [1.165, 1.54) is 0 Å². The highest BCUT2D eigenvalue weighted by molar-refractivity contribution is 5.99. The quantitative estimate of drug-likeness (QED) is 0.823. The van der Waals surface area contributed by atoms with Crippen LogP contribution in [0.25, 0.3) is 0 Å². The minimum atomic E-state index is -0.148. The molecule has 1 aliphatic heterocycles. The van der Waals surface area contributed by atoms with E-state index >= 15 is 0 Å². The van der Waals surface area contributed by atoms with Crippen LogP contribution in [-0.4, -0.2) is 12.5 Å². The van der Waals surface area contributed by atoms with Gasteiger partial charge < -0.3 is 15.8 Å². The van der Waals surface area contributed by atoms with Gasteiger partial charge in [0.1, 0.15) is 5.75 Å². The smallest absolute Gasteiger partial charge is 0.253 e. The minimum absolute atomic E-state index is 0.0351. The number of ether oxygens (including phenoxy) is 1. The van der Waals surface area contributed by atoms with Crippen LogP contribution in [0, 0.1) is 0 Å². The van der Waals surface area contributed by atoms with Crippen molar-refractivity contribution in [2.75, 3.05) is 12.3 Å². The Labute approximate surface area is 117 Å². The summed E-state index contributed by atoms with van der Waals surface area (Å²) >= 11 is 0. The van der Waals surface area contributed by atoms with E-state index in [2.05, 4.69) is 5.32 Å². The lowest BCUT2D eigenvalue weighted by Crippen LogP contribution is -2.32. The molecule has 3 rings (SSSR count). The Hall–Kier alpha value is -2.49. The fourth-order valence-electron chi connectivity index (χ4n) is 2.43. The number of para-hydroxylation sites is 2. The van der Waals surface area contributed by atoms with E-state index in [-0.39, 0.29) is 11.9 Å². The largest absolute Gasteiger partial charge is 0.493 e. The third-order valence-electron chi connectivity index (χ3n) is 3.47. The van der Waals surface area contributed by atoms with Gasteiger partial charge in [0.25, 0.3) is 5.91 Å². The summed E-state index contributed by atoms with van der Waals surface area (Å²) in [4.78, 5) is 12.3. The Bertz CT molecular complexity index is 640. The van der Waals surface area contributed by atoms with Crippen LogP contribution in [-0.2, 0) is 0 Å². The van der Waals surface area contributed by atoms with E-state index in [0.717, 1.165) is 17.7 Å². The van der Waals surface area contributed by atoms with Crippen LogP contribution in [0.1, 0.15) is 28.4 Å². The van der Waals surface area contributed by atoms with Crippen molar-refractivity contribution in [1.82, 2.24) is 5.32 Å². The van der Waals surface area contributed by atoms with E-state index in [1.807, 2.05) is 36.4 Å². The lowest BCUT2D eigenvalue weighted by atomic mass is 10.00. The molecule has 0 aliphatic carbocycles. The van der Waals surface area contributed by atoms with E-state index in [1.54, 1.807) is 12.1 Å². The van der Waals surface area contributed by atoms with Crippen LogP contribution in [0.15, 0.2) is 48.5 Å². The van der Waals surface area contributed by atoms with Crippen molar-refractivity contribution < 1.29 is 9.53 Å². The molecular formula is C16H16N2O2. The Morgan fingerprint density at radius 1 is 1.15 bits per heavy atom. The average molecular weight is 268 g/mol. The number of anilines is 1. The molecule has 0 saturated carbocycles. The monoisotopic (exact) mass is 268 g/mol. The number of nitrogens with one attached hydrogen (secondary N) is 1. The van der Waals surface area contributed by atoms with E-state index in [4.69, 9.17) is 10.5 Å². The second kappa shape index (κ2) is 5.25. The Balaban J connectivity index is 1.83. The first kappa shape index (κ1) is 12.5. The SMILES string of the molecule is Nc1ccccc1C(=O)NC1CCOc2ccccc21. The predicted octanol–water partition coefficient (Wildman–Crippen LogP) is 2.52. The summed E-state index contributed by atoms with van der Waals surface area (Å²) in [6, 6.07) is 14.8. The first-order valence-electron chi connectivity index (χ1n) is 6.63. The van der Waals surface area contributed by atoms with Gasteiger partial charge in [0, 0.05) is 17.7 Å². The molecule has 102 valence electrons. The van der Waals surface area contributed by atoms with Crippen molar-refractivity contribution in [3.63, 3.8) is 0 Å². The van der Waals surface area contributed by atoms with Gasteiger partial charge in [0.2, 0.25) is 0 Å². The number of hydrogen-bond acceptors (Lipinski definition) is 3. The summed E-state index contributed by atoms with van der Waals surface area (Å²) in [6.07, 6.45) is 0.759. The van der Waals surface area contributed by atoms with Crippen LogP contribution >= 0.6 is 0 Å². The lowest BCUT2D eigenvalue weighted by molar-refractivity contribution is 0.0925. The van der Waals surface area contributed by atoms with Gasteiger partial charge in [-0.15, -0.1) is 0 Å². The average Bonchev–Trinajstić information content (AvgIpc) is 2.48. The number of carbonyl (C=O) groups excluding carboxylic acids is 1. The summed E-state index contributed by atoms with van der Waals surface area (Å²) in [7, 11) is 0. The van der Waals surface area contributed by atoms with Crippen molar-refractivity contribution in [3.05, 3.63) is 59.7 Å². The highest BCUT2D eigenvalue weighted by Crippen LogP contribution is 2.31. The number of nitrogens with two attached hydrogens (primary N) is 1. The molecule has 1 atom stereocenters. The number of benzene rings is 2. The molecule has 1 aliphatic rings. The third-order valence-corrected chi connectivity index (χ3v) is 3.47. The molecule has 20 heavy (non-hydrogen) atoms. The molecule has 0 spiro atoms. The fraction of sp³-hybridized carbons (Fsp3) is 0.188. The minimum Gasteiger partial charge on any atom is -0.493 e. The first-order valence-corrected chi connectivity index (χ1v) is 6.63. The summed E-state index contributed by atoms with van der Waals surface area (Å²) in [6.45, 7) is 0.603. The molecule has 0 bridgehead atoms. The van der Waals surface area contributed by atoms with Gasteiger partial charge >= 0.3 is 0 Å². The molecule has 0 fully saturated rings. The Morgan fingerprint density at radius 3 is 2.75 bits per heavy atom. The predicted molar refractivity (Wildman–Crippen MR) is 77.6 cm³/mol. The Kier molecular flexibility index (Phi) is 3.29. The Morgan fingerprint density at radius 2 is 1.90 bits per heavy atom. The van der Waals surface area contributed by atoms with Gasteiger partial charge in [-0.25, -0.2) is 0 Å².